The number of anilines is 1. The number of hydrogen-bond donors (Lipinski definition) is 6. The molecule has 0 aliphatic heterocycles. The summed E-state index contributed by atoms with van der Waals surface area (Å²) in [6.07, 6.45) is 0. The van der Waals surface area contributed by atoms with Gasteiger partial charge < -0.3 is 10.4 Å². The minimum absolute atomic E-state index is 0.0317. The topological polar surface area (TPSA) is 161 Å². The lowest BCUT2D eigenvalue weighted by atomic mass is 10.2. The van der Waals surface area contributed by atoms with Crippen molar-refractivity contribution in [3.63, 3.8) is 0 Å². The van der Waals surface area contributed by atoms with Crippen LogP contribution in [0.2, 0.25) is 0 Å². The smallest absolute Gasteiger partial charge is 0.378 e. The highest BCUT2D eigenvalue weighted by Crippen LogP contribution is 2.21. The molecule has 6 N–H and O–H groups in total. The van der Waals surface area contributed by atoms with E-state index in [2.05, 4.69) is 21.1 Å². The van der Waals surface area contributed by atoms with E-state index in [1.54, 1.807) is 26.0 Å². The van der Waals surface area contributed by atoms with E-state index in [1.807, 2.05) is 0 Å². The van der Waals surface area contributed by atoms with Gasteiger partial charge in [-0.15, -0.1) is 5.11 Å². The van der Waals surface area contributed by atoms with E-state index in [-0.39, 0.29) is 17.1 Å². The minimum Gasteiger partial charge on any atom is -0.595 e. The zero-order valence-corrected chi connectivity index (χ0v) is 14.0. The highest BCUT2D eigenvalue weighted by molar-refractivity contribution is 5.76. The number of benzene rings is 2. The maximum absolute atomic E-state index is 11.8. The van der Waals surface area contributed by atoms with Gasteiger partial charge in [-0.3, -0.25) is 5.43 Å². The quantitative estimate of drug-likeness (QED) is 0.342. The Morgan fingerprint density at radius 1 is 1.00 bits per heavy atom. The maximum atomic E-state index is 11.8. The number of aryl methyl sites for hydroxylation is 2. The summed E-state index contributed by atoms with van der Waals surface area (Å²) in [5, 5.41) is 44.9. The van der Waals surface area contributed by atoms with E-state index in [0.29, 0.717) is 11.3 Å². The predicted octanol–water partition coefficient (Wildman–Crippen LogP) is 0.931. The van der Waals surface area contributed by atoms with E-state index in [0.717, 1.165) is 5.56 Å². The Morgan fingerprint density at radius 3 is 2.19 bits per heavy atom. The Kier molecular flexibility index (Phi) is 6.30. The maximum Gasteiger partial charge on any atom is 0.378 e. The number of carbonyl (C=O) groups excluding carboxylic acids is 1. The summed E-state index contributed by atoms with van der Waals surface area (Å²) < 4.78 is 0. The van der Waals surface area contributed by atoms with Crippen LogP contribution in [0.4, 0.5) is 27.5 Å². The molecular formula is C15H18N6O5. The molecule has 2 unspecified atom stereocenters. The first-order chi connectivity index (χ1) is 12.3. The van der Waals surface area contributed by atoms with Crippen molar-refractivity contribution in [1.82, 2.24) is 5.43 Å². The number of urea groups is 1. The number of amides is 2. The van der Waals surface area contributed by atoms with Crippen LogP contribution in [-0.4, -0.2) is 16.4 Å². The summed E-state index contributed by atoms with van der Waals surface area (Å²) in [5.41, 5.74) is 6.98. The van der Waals surface area contributed by atoms with Crippen LogP contribution >= 0.6 is 0 Å². The summed E-state index contributed by atoms with van der Waals surface area (Å²) in [4.78, 5) is 11.8. The van der Waals surface area contributed by atoms with Gasteiger partial charge in [0.2, 0.25) is 0 Å². The first kappa shape index (κ1) is 19.4. The van der Waals surface area contributed by atoms with Crippen molar-refractivity contribution in [1.29, 1.82) is 0 Å². The number of quaternary nitrogens is 2. The van der Waals surface area contributed by atoms with Crippen molar-refractivity contribution < 1.29 is 25.7 Å². The van der Waals surface area contributed by atoms with Crippen molar-refractivity contribution >= 4 is 28.8 Å². The molecule has 2 atom stereocenters. The molecule has 0 heterocycles. The van der Waals surface area contributed by atoms with Crippen molar-refractivity contribution in [2.24, 2.45) is 10.2 Å². The molecule has 0 aliphatic carbocycles. The van der Waals surface area contributed by atoms with Crippen molar-refractivity contribution in [2.75, 3.05) is 5.43 Å². The minimum atomic E-state index is -1.11. The average molecular weight is 362 g/mol. The first-order valence-electron chi connectivity index (χ1n) is 7.43. The fourth-order valence-corrected chi connectivity index (χ4v) is 1.98. The van der Waals surface area contributed by atoms with Crippen LogP contribution in [0.25, 0.3) is 0 Å². The molecule has 2 rings (SSSR count). The van der Waals surface area contributed by atoms with Gasteiger partial charge in [0, 0.05) is 24.3 Å². The second-order valence-corrected chi connectivity index (χ2v) is 5.40. The Morgan fingerprint density at radius 2 is 1.58 bits per heavy atom. The summed E-state index contributed by atoms with van der Waals surface area (Å²) in [6.45, 7) is 3.44. The van der Waals surface area contributed by atoms with Gasteiger partial charge in [-0.2, -0.15) is 10.5 Å². The molecule has 2 aromatic rings. The third kappa shape index (κ3) is 5.03. The zero-order chi connectivity index (χ0) is 19.3. The third-order valence-corrected chi connectivity index (χ3v) is 3.49. The van der Waals surface area contributed by atoms with Crippen molar-refractivity contribution in [2.45, 2.75) is 13.8 Å². The van der Waals surface area contributed by atoms with E-state index in [1.165, 1.54) is 24.3 Å². The molecule has 0 bridgehead atoms. The number of carbonyl (C=O) groups is 1. The molecular weight excluding hydrogens is 344 g/mol. The molecule has 138 valence electrons. The number of hydrogen-bond acceptors (Lipinski definition) is 7. The molecule has 0 aliphatic rings. The van der Waals surface area contributed by atoms with E-state index in [4.69, 9.17) is 10.4 Å². The van der Waals surface area contributed by atoms with E-state index < -0.39 is 16.5 Å². The van der Waals surface area contributed by atoms with Crippen LogP contribution in [0.5, 0.6) is 0 Å². The SMILES string of the molecule is Cc1ccc([NH+]([O-])O)cc1N=NC(=O)NNc1cc([NH+]([O-])O)ccc1C. The molecule has 26 heavy (non-hydrogen) atoms. The van der Waals surface area contributed by atoms with Crippen molar-refractivity contribution in [3.8, 4) is 0 Å². The third-order valence-electron chi connectivity index (χ3n) is 3.49. The Balaban J connectivity index is 2.04. The first-order valence-corrected chi connectivity index (χ1v) is 7.43. The fourth-order valence-electron chi connectivity index (χ4n) is 1.98. The van der Waals surface area contributed by atoms with Crippen LogP contribution in [-0.2, 0) is 0 Å². The Hall–Kier alpha value is -2.93. The van der Waals surface area contributed by atoms with Crippen LogP contribution in [0.3, 0.4) is 0 Å². The average Bonchev–Trinajstić information content (AvgIpc) is 2.59. The zero-order valence-electron chi connectivity index (χ0n) is 14.0. The van der Waals surface area contributed by atoms with Crippen LogP contribution in [0.1, 0.15) is 11.1 Å². The standard InChI is InChI=1S/C15H18N6O5/c1-9-3-5-11(20(23)24)7-13(9)16-18-15(22)19-17-14-8-12(21(25)26)6-4-10(14)2/h3-8,16,20-21,23,25H,1-2H3,(H,18,22). The van der Waals surface area contributed by atoms with E-state index in [9.17, 15) is 15.2 Å². The van der Waals surface area contributed by atoms with Crippen LogP contribution < -0.4 is 21.3 Å². The number of rotatable bonds is 5. The number of nitrogens with one attached hydrogen (secondary N) is 4. The van der Waals surface area contributed by atoms with Gasteiger partial charge in [0.15, 0.2) is 11.4 Å². The van der Waals surface area contributed by atoms with Gasteiger partial charge in [0.25, 0.3) is 0 Å². The van der Waals surface area contributed by atoms with Gasteiger partial charge in [-0.1, -0.05) is 17.2 Å². The lowest BCUT2D eigenvalue weighted by molar-refractivity contribution is -0.991. The van der Waals surface area contributed by atoms with Gasteiger partial charge in [-0.05, 0) is 25.0 Å². The molecule has 0 radical (unpaired) electrons. The van der Waals surface area contributed by atoms with E-state index >= 15 is 0 Å². The molecule has 0 saturated heterocycles. The second-order valence-electron chi connectivity index (χ2n) is 5.40. The summed E-state index contributed by atoms with van der Waals surface area (Å²) >= 11 is 0. The summed E-state index contributed by atoms with van der Waals surface area (Å²) in [6, 6.07) is 7.89. The highest BCUT2D eigenvalue weighted by atomic mass is 16.8. The van der Waals surface area contributed by atoms with Crippen LogP contribution in [0, 0.1) is 24.3 Å². The van der Waals surface area contributed by atoms with Gasteiger partial charge in [0.05, 0.1) is 11.4 Å². The fraction of sp³-hybridized carbons (Fsp3) is 0.133. The molecule has 11 nitrogen and oxygen atoms in total. The Bertz CT molecular complexity index is 824. The highest BCUT2D eigenvalue weighted by Gasteiger charge is 2.07. The second kappa shape index (κ2) is 8.44. The lowest BCUT2D eigenvalue weighted by Gasteiger charge is -2.14. The molecule has 2 amide bonds. The van der Waals surface area contributed by atoms with Gasteiger partial charge >= 0.3 is 6.03 Å². The monoisotopic (exact) mass is 362 g/mol. The Labute approximate surface area is 148 Å². The molecule has 0 fully saturated rings. The number of azo groups is 1. The molecule has 0 saturated carbocycles. The van der Waals surface area contributed by atoms with Gasteiger partial charge in [-0.25, -0.2) is 20.6 Å². The summed E-state index contributed by atoms with van der Waals surface area (Å²) in [5.74, 6) is 0. The molecule has 11 heteroatoms. The predicted molar refractivity (Wildman–Crippen MR) is 90.6 cm³/mol. The molecule has 2 aromatic carbocycles. The normalized spacial score (nSPS) is 13.5. The largest absolute Gasteiger partial charge is 0.595 e. The number of nitrogens with zero attached hydrogens (tertiary/aromatic N) is 2. The molecule has 0 spiro atoms. The van der Waals surface area contributed by atoms with Gasteiger partial charge in [0.1, 0.15) is 0 Å². The van der Waals surface area contributed by atoms with Crippen molar-refractivity contribution in [3.05, 3.63) is 57.9 Å². The molecule has 0 aromatic heterocycles. The lowest BCUT2D eigenvalue weighted by Crippen LogP contribution is -2.99. The number of hydrazine groups is 1. The van der Waals surface area contributed by atoms with Crippen LogP contribution in [0.15, 0.2) is 46.6 Å². The summed E-state index contributed by atoms with van der Waals surface area (Å²) in [7, 11) is 0.